The van der Waals surface area contributed by atoms with Gasteiger partial charge in [0.1, 0.15) is 12.3 Å². The van der Waals surface area contributed by atoms with Crippen LogP contribution < -0.4 is 21.4 Å². The van der Waals surface area contributed by atoms with Crippen molar-refractivity contribution in [3.8, 4) is 0 Å². The quantitative estimate of drug-likeness (QED) is 0.123. The van der Waals surface area contributed by atoms with Gasteiger partial charge in [-0.25, -0.2) is 10.1 Å². The van der Waals surface area contributed by atoms with Gasteiger partial charge in [-0.1, -0.05) is 19.3 Å². The Morgan fingerprint density at radius 3 is 2.59 bits per heavy atom. The highest BCUT2D eigenvalue weighted by Gasteiger charge is 2.21. The van der Waals surface area contributed by atoms with Gasteiger partial charge >= 0.3 is 0 Å². The highest BCUT2D eigenvalue weighted by atomic mass is 16.7. The molecule has 2 amide bonds. The second kappa shape index (κ2) is 11.5. The van der Waals surface area contributed by atoms with Crippen molar-refractivity contribution in [3.05, 3.63) is 34.3 Å². The zero-order valence-electron chi connectivity index (χ0n) is 15.4. The maximum Gasteiger partial charge on any atom is 0.255 e. The number of nitro groups is 1. The minimum Gasteiger partial charge on any atom is -0.472 e. The van der Waals surface area contributed by atoms with Gasteiger partial charge in [-0.3, -0.25) is 15.0 Å². The normalized spacial score (nSPS) is 11.5. The predicted octanol–water partition coefficient (Wildman–Crippen LogP) is 0.626. The van der Waals surface area contributed by atoms with Crippen molar-refractivity contribution >= 4 is 17.8 Å². The molecule has 0 spiro atoms. The number of furan rings is 1. The molecular formula is C16H26N6O5. The molecule has 0 saturated heterocycles. The fraction of sp³-hybridized carbons (Fsp3) is 0.562. The van der Waals surface area contributed by atoms with Crippen LogP contribution in [0.3, 0.4) is 0 Å². The number of nitrogens with zero attached hydrogens (tertiary/aromatic N) is 1. The molecule has 1 atom stereocenters. The molecule has 1 aromatic heterocycles. The monoisotopic (exact) mass is 382 g/mol. The first-order valence-corrected chi connectivity index (χ1v) is 8.63. The molecule has 27 heavy (non-hydrogen) atoms. The van der Waals surface area contributed by atoms with E-state index >= 15 is 0 Å². The van der Waals surface area contributed by atoms with Crippen LogP contribution in [0.5, 0.6) is 0 Å². The average molecular weight is 382 g/mol. The summed E-state index contributed by atoms with van der Waals surface area (Å²) in [6.07, 6.45) is 4.19. The third-order valence-electron chi connectivity index (χ3n) is 3.60. The van der Waals surface area contributed by atoms with Crippen molar-refractivity contribution in [1.29, 1.82) is 5.41 Å². The van der Waals surface area contributed by atoms with Crippen LogP contribution in [-0.2, 0) is 4.79 Å². The van der Waals surface area contributed by atoms with E-state index in [0.717, 1.165) is 6.42 Å². The minimum absolute atomic E-state index is 0.233. The summed E-state index contributed by atoms with van der Waals surface area (Å²) < 4.78 is 4.87. The van der Waals surface area contributed by atoms with Crippen LogP contribution in [0, 0.1) is 21.4 Å². The molecule has 0 radical (unpaired) electrons. The van der Waals surface area contributed by atoms with E-state index in [4.69, 9.17) is 9.83 Å². The summed E-state index contributed by atoms with van der Waals surface area (Å²) in [5, 5.41) is 24.7. The van der Waals surface area contributed by atoms with Gasteiger partial charge in [0.2, 0.25) is 5.91 Å². The summed E-state index contributed by atoms with van der Waals surface area (Å²) in [6, 6.07) is 0.730. The van der Waals surface area contributed by atoms with Crippen LogP contribution in [0.15, 0.2) is 23.0 Å². The summed E-state index contributed by atoms with van der Waals surface area (Å²) in [5.74, 6) is -0.733. The molecule has 0 unspecified atom stereocenters. The van der Waals surface area contributed by atoms with Crippen molar-refractivity contribution in [2.45, 2.75) is 39.2 Å². The van der Waals surface area contributed by atoms with Crippen LogP contribution in [0.4, 0.5) is 0 Å². The Morgan fingerprint density at radius 2 is 2.00 bits per heavy atom. The largest absolute Gasteiger partial charge is 0.472 e. The number of rotatable bonds is 11. The lowest BCUT2D eigenvalue weighted by atomic mass is 10.1. The second-order valence-corrected chi connectivity index (χ2v) is 6.32. The van der Waals surface area contributed by atoms with E-state index in [1.807, 2.05) is 13.8 Å². The molecule has 150 valence electrons. The highest BCUT2D eigenvalue weighted by molar-refractivity contribution is 5.97. The Bertz CT molecular complexity index is 631. The average Bonchev–Trinajstić information content (AvgIpc) is 3.11. The second-order valence-electron chi connectivity index (χ2n) is 6.32. The third kappa shape index (κ3) is 9.23. The number of carbonyl (C=O) groups is 2. The van der Waals surface area contributed by atoms with E-state index in [9.17, 15) is 19.7 Å². The first kappa shape index (κ1) is 21.9. The van der Waals surface area contributed by atoms with Gasteiger partial charge in [0, 0.05) is 13.1 Å². The Kier molecular flexibility index (Phi) is 9.34. The molecule has 0 aliphatic heterocycles. The van der Waals surface area contributed by atoms with Crippen LogP contribution in [0.1, 0.15) is 43.5 Å². The Hall–Kier alpha value is -3.11. The first-order chi connectivity index (χ1) is 12.8. The van der Waals surface area contributed by atoms with Crippen LogP contribution in [-0.4, -0.2) is 41.9 Å². The number of hydrazine groups is 1. The SMILES string of the molecule is CC(C)CCNC(=O)[C@H](CCCNC(=N)N[N+](=O)[O-])NC(=O)c1ccoc1. The maximum absolute atomic E-state index is 12.4. The molecule has 1 rings (SSSR count). The zero-order chi connectivity index (χ0) is 20.2. The summed E-state index contributed by atoms with van der Waals surface area (Å²) in [5.41, 5.74) is 1.99. The van der Waals surface area contributed by atoms with Crippen LogP contribution in [0.25, 0.3) is 0 Å². The van der Waals surface area contributed by atoms with Crippen molar-refractivity contribution in [2.24, 2.45) is 5.92 Å². The summed E-state index contributed by atoms with van der Waals surface area (Å²) in [6.45, 7) is 4.83. The molecule has 0 saturated carbocycles. The summed E-state index contributed by atoms with van der Waals surface area (Å²) in [4.78, 5) is 34.8. The van der Waals surface area contributed by atoms with Gasteiger partial charge in [-0.15, -0.1) is 0 Å². The molecule has 1 heterocycles. The molecule has 5 N–H and O–H groups in total. The fourth-order valence-electron chi connectivity index (χ4n) is 2.16. The molecule has 1 aromatic rings. The van der Waals surface area contributed by atoms with Crippen molar-refractivity contribution < 1.29 is 19.0 Å². The molecular weight excluding hydrogens is 356 g/mol. The Labute approximate surface area is 156 Å². The van der Waals surface area contributed by atoms with E-state index < -0.39 is 22.9 Å². The molecule has 0 aromatic carbocycles. The van der Waals surface area contributed by atoms with Gasteiger partial charge in [0.15, 0.2) is 5.03 Å². The smallest absolute Gasteiger partial charge is 0.255 e. The number of carbonyl (C=O) groups excluding carboxylic acids is 2. The van der Waals surface area contributed by atoms with E-state index in [-0.39, 0.29) is 12.5 Å². The standard InChI is InChI=1S/C16H26N6O5/c1-11(2)5-8-18-15(24)13(20-14(23)12-6-9-27-10-12)4-3-7-19-16(17)21-22(25)26/h6,9-11,13H,3-5,7-8H2,1-2H3,(H,18,24)(H,20,23)(H3,17,19,21)/t13-/m0/s1. The van der Waals surface area contributed by atoms with Crippen LogP contribution >= 0.6 is 0 Å². The summed E-state index contributed by atoms with van der Waals surface area (Å²) in [7, 11) is 0. The lowest BCUT2D eigenvalue weighted by molar-refractivity contribution is -0.525. The molecule has 0 bridgehead atoms. The van der Waals surface area contributed by atoms with Crippen molar-refractivity contribution in [1.82, 2.24) is 21.4 Å². The molecule has 11 heteroatoms. The van der Waals surface area contributed by atoms with Crippen molar-refractivity contribution in [2.75, 3.05) is 13.1 Å². The lowest BCUT2D eigenvalue weighted by Gasteiger charge is -2.18. The first-order valence-electron chi connectivity index (χ1n) is 8.63. The summed E-state index contributed by atoms with van der Waals surface area (Å²) >= 11 is 0. The maximum atomic E-state index is 12.4. The number of hydrogen-bond acceptors (Lipinski definition) is 6. The molecule has 11 nitrogen and oxygen atoms in total. The topological polar surface area (TPSA) is 162 Å². The van der Waals surface area contributed by atoms with Gasteiger partial charge in [0.25, 0.3) is 11.9 Å². The Morgan fingerprint density at radius 1 is 1.26 bits per heavy atom. The number of hydrogen-bond donors (Lipinski definition) is 5. The predicted molar refractivity (Wildman–Crippen MR) is 97.5 cm³/mol. The van der Waals surface area contributed by atoms with Gasteiger partial charge in [-0.05, 0) is 31.2 Å². The number of guanidine groups is 1. The number of amides is 2. The molecule has 0 aliphatic carbocycles. The fourth-order valence-corrected chi connectivity index (χ4v) is 2.16. The van der Waals surface area contributed by atoms with Gasteiger partial charge in [-0.2, -0.15) is 0 Å². The van der Waals surface area contributed by atoms with Crippen LogP contribution in [0.2, 0.25) is 0 Å². The van der Waals surface area contributed by atoms with E-state index in [0.29, 0.717) is 30.9 Å². The molecule has 0 aliphatic rings. The van der Waals surface area contributed by atoms with E-state index in [1.165, 1.54) is 18.6 Å². The minimum atomic E-state index is -0.842. The third-order valence-corrected chi connectivity index (χ3v) is 3.60. The van der Waals surface area contributed by atoms with E-state index in [2.05, 4.69) is 16.0 Å². The van der Waals surface area contributed by atoms with Gasteiger partial charge < -0.3 is 20.4 Å². The van der Waals surface area contributed by atoms with E-state index in [1.54, 1.807) is 5.43 Å². The van der Waals surface area contributed by atoms with Crippen molar-refractivity contribution in [3.63, 3.8) is 0 Å². The molecule has 0 fully saturated rings. The highest BCUT2D eigenvalue weighted by Crippen LogP contribution is 2.04. The zero-order valence-corrected chi connectivity index (χ0v) is 15.4. The van der Waals surface area contributed by atoms with Gasteiger partial charge in [0.05, 0.1) is 11.8 Å². The lowest BCUT2D eigenvalue weighted by Crippen LogP contribution is -2.47. The Balaban J connectivity index is 2.53. The number of nitrogens with one attached hydrogen (secondary N) is 5.